The largest absolute Gasteiger partial charge is 0.573 e. The number of anilines is 2. The quantitative estimate of drug-likeness (QED) is 0.616. The maximum absolute atomic E-state index is 13.0. The summed E-state index contributed by atoms with van der Waals surface area (Å²) < 4.78 is 53.0. The van der Waals surface area contributed by atoms with Gasteiger partial charge < -0.3 is 15.4 Å². The number of hydrogen-bond donors (Lipinski definition) is 2. The molecule has 0 amide bonds. The van der Waals surface area contributed by atoms with Gasteiger partial charge in [-0.25, -0.2) is 4.39 Å². The van der Waals surface area contributed by atoms with E-state index in [1.165, 1.54) is 36.4 Å². The summed E-state index contributed by atoms with van der Waals surface area (Å²) >= 11 is 5.10. The number of alkyl halides is 3. The minimum absolute atomic E-state index is 0.226. The van der Waals surface area contributed by atoms with Crippen molar-refractivity contribution in [1.29, 1.82) is 0 Å². The van der Waals surface area contributed by atoms with Crippen molar-refractivity contribution in [3.8, 4) is 5.75 Å². The van der Waals surface area contributed by atoms with Crippen LogP contribution in [0.15, 0.2) is 42.5 Å². The summed E-state index contributed by atoms with van der Waals surface area (Å²) in [6.07, 6.45) is -4.73. The molecule has 2 aromatic carbocycles. The summed E-state index contributed by atoms with van der Waals surface area (Å²) in [6.45, 7) is 1.72. The molecule has 0 spiro atoms. The lowest BCUT2D eigenvalue weighted by Gasteiger charge is -2.13. The summed E-state index contributed by atoms with van der Waals surface area (Å²) in [6, 6.07) is 9.32. The highest BCUT2D eigenvalue weighted by Crippen LogP contribution is 2.24. The van der Waals surface area contributed by atoms with E-state index in [0.29, 0.717) is 16.9 Å². The molecular weight excluding hydrogens is 332 g/mol. The molecule has 2 rings (SSSR count). The molecule has 122 valence electrons. The van der Waals surface area contributed by atoms with Crippen molar-refractivity contribution in [1.82, 2.24) is 0 Å². The molecule has 8 heteroatoms. The molecule has 0 unspecified atom stereocenters. The highest BCUT2D eigenvalue weighted by Gasteiger charge is 2.30. The van der Waals surface area contributed by atoms with Crippen molar-refractivity contribution in [3.63, 3.8) is 0 Å². The summed E-state index contributed by atoms with van der Waals surface area (Å²) in [5.74, 6) is -0.677. The number of benzene rings is 2. The predicted octanol–water partition coefficient (Wildman–Crippen LogP) is 4.84. The molecule has 0 aliphatic carbocycles. The van der Waals surface area contributed by atoms with E-state index in [2.05, 4.69) is 15.4 Å². The molecule has 3 nitrogen and oxygen atoms in total. The Morgan fingerprint density at radius 1 is 1.04 bits per heavy atom. The van der Waals surface area contributed by atoms with Crippen LogP contribution in [0, 0.1) is 12.7 Å². The van der Waals surface area contributed by atoms with E-state index in [1.807, 2.05) is 0 Å². The minimum atomic E-state index is -4.73. The Morgan fingerprint density at radius 3 is 2.26 bits per heavy atom. The van der Waals surface area contributed by atoms with Gasteiger partial charge in [0.05, 0.1) is 0 Å². The van der Waals surface area contributed by atoms with Crippen LogP contribution in [0.2, 0.25) is 0 Å². The van der Waals surface area contributed by atoms with Gasteiger partial charge in [-0.15, -0.1) is 13.2 Å². The van der Waals surface area contributed by atoms with Crippen molar-refractivity contribution in [2.45, 2.75) is 13.3 Å². The van der Waals surface area contributed by atoms with Crippen LogP contribution in [0.3, 0.4) is 0 Å². The maximum Gasteiger partial charge on any atom is 0.573 e. The van der Waals surface area contributed by atoms with Crippen LogP contribution in [0.4, 0.5) is 28.9 Å². The topological polar surface area (TPSA) is 33.3 Å². The first-order chi connectivity index (χ1) is 10.7. The Bertz CT molecular complexity index is 702. The van der Waals surface area contributed by atoms with Gasteiger partial charge in [-0.1, -0.05) is 0 Å². The number of halogens is 4. The van der Waals surface area contributed by atoms with Gasteiger partial charge in [-0.3, -0.25) is 0 Å². The minimum Gasteiger partial charge on any atom is -0.406 e. The van der Waals surface area contributed by atoms with Gasteiger partial charge in [-0.2, -0.15) is 0 Å². The lowest BCUT2D eigenvalue weighted by molar-refractivity contribution is -0.274. The molecule has 0 aromatic heterocycles. The Kier molecular flexibility index (Phi) is 5.05. The first-order valence-electron chi connectivity index (χ1n) is 6.43. The summed E-state index contributed by atoms with van der Waals surface area (Å²) in [4.78, 5) is 0. The highest BCUT2D eigenvalue weighted by atomic mass is 32.1. The lowest BCUT2D eigenvalue weighted by Crippen LogP contribution is -2.20. The Morgan fingerprint density at radius 2 is 1.70 bits per heavy atom. The Hall–Kier alpha value is -2.35. The van der Waals surface area contributed by atoms with Crippen LogP contribution in [-0.4, -0.2) is 11.5 Å². The molecule has 0 atom stereocenters. The van der Waals surface area contributed by atoms with Crippen LogP contribution in [0.1, 0.15) is 5.56 Å². The molecule has 0 heterocycles. The van der Waals surface area contributed by atoms with Gasteiger partial charge in [-0.05, 0) is 67.2 Å². The summed E-state index contributed by atoms with van der Waals surface area (Å²) in [5.41, 5.74) is 1.78. The number of thiocarbonyl (C=S) groups is 1. The summed E-state index contributed by atoms with van der Waals surface area (Å²) in [5, 5.41) is 5.92. The van der Waals surface area contributed by atoms with Gasteiger partial charge in [0.15, 0.2) is 5.11 Å². The molecule has 0 saturated carbocycles. The summed E-state index contributed by atoms with van der Waals surface area (Å²) in [7, 11) is 0. The van der Waals surface area contributed by atoms with Gasteiger partial charge in [0, 0.05) is 11.4 Å². The monoisotopic (exact) mass is 344 g/mol. The van der Waals surface area contributed by atoms with Gasteiger partial charge in [0.1, 0.15) is 11.6 Å². The molecule has 0 bridgehead atoms. The Balaban J connectivity index is 1.97. The molecule has 0 radical (unpaired) electrons. The fourth-order valence-corrected chi connectivity index (χ4v) is 2.02. The highest BCUT2D eigenvalue weighted by molar-refractivity contribution is 7.80. The molecule has 0 fully saturated rings. The third-order valence-electron chi connectivity index (χ3n) is 2.78. The number of hydrogen-bond acceptors (Lipinski definition) is 2. The standard InChI is InChI=1S/C15H12F4N2OS/c1-9-8-10(16)2-7-13(9)21-14(23)20-11-3-5-12(6-4-11)22-15(17,18)19/h2-8H,1H3,(H2,20,21,23). The van der Waals surface area contributed by atoms with Crippen molar-refractivity contribution in [2.24, 2.45) is 0 Å². The fourth-order valence-electron chi connectivity index (χ4n) is 1.79. The predicted molar refractivity (Wildman–Crippen MR) is 84.1 cm³/mol. The molecule has 0 saturated heterocycles. The van der Waals surface area contributed by atoms with Gasteiger partial charge in [0.2, 0.25) is 0 Å². The molecular formula is C15H12F4N2OS. The van der Waals surface area contributed by atoms with E-state index >= 15 is 0 Å². The van der Waals surface area contributed by atoms with E-state index in [-0.39, 0.29) is 16.7 Å². The van der Waals surface area contributed by atoms with E-state index in [1.54, 1.807) is 13.0 Å². The van der Waals surface area contributed by atoms with Crippen LogP contribution in [0.5, 0.6) is 5.75 Å². The lowest BCUT2D eigenvalue weighted by atomic mass is 10.2. The first-order valence-corrected chi connectivity index (χ1v) is 6.84. The third-order valence-corrected chi connectivity index (χ3v) is 2.99. The van der Waals surface area contributed by atoms with E-state index < -0.39 is 6.36 Å². The van der Waals surface area contributed by atoms with Gasteiger partial charge >= 0.3 is 6.36 Å². The zero-order valence-electron chi connectivity index (χ0n) is 11.9. The fraction of sp³-hybridized carbons (Fsp3) is 0.133. The smallest absolute Gasteiger partial charge is 0.406 e. The maximum atomic E-state index is 13.0. The molecule has 23 heavy (non-hydrogen) atoms. The van der Waals surface area contributed by atoms with Crippen LogP contribution >= 0.6 is 12.2 Å². The van der Waals surface area contributed by atoms with Crippen molar-refractivity contribution in [3.05, 3.63) is 53.8 Å². The molecule has 2 aromatic rings. The second kappa shape index (κ2) is 6.82. The SMILES string of the molecule is Cc1cc(F)ccc1NC(=S)Nc1ccc(OC(F)(F)F)cc1. The number of rotatable bonds is 3. The van der Waals surface area contributed by atoms with E-state index in [0.717, 1.165) is 0 Å². The van der Waals surface area contributed by atoms with Gasteiger partial charge in [0.25, 0.3) is 0 Å². The van der Waals surface area contributed by atoms with Crippen molar-refractivity contribution in [2.75, 3.05) is 10.6 Å². The average molecular weight is 344 g/mol. The first kappa shape index (κ1) is 17.0. The van der Waals surface area contributed by atoms with E-state index in [4.69, 9.17) is 12.2 Å². The van der Waals surface area contributed by atoms with Crippen LogP contribution in [-0.2, 0) is 0 Å². The number of aryl methyl sites for hydroxylation is 1. The van der Waals surface area contributed by atoms with Crippen molar-refractivity contribution < 1.29 is 22.3 Å². The van der Waals surface area contributed by atoms with E-state index in [9.17, 15) is 17.6 Å². The second-order valence-electron chi connectivity index (χ2n) is 4.61. The van der Waals surface area contributed by atoms with Crippen molar-refractivity contribution >= 4 is 28.7 Å². The average Bonchev–Trinajstić information content (AvgIpc) is 2.42. The zero-order valence-corrected chi connectivity index (χ0v) is 12.7. The van der Waals surface area contributed by atoms with Crippen LogP contribution < -0.4 is 15.4 Å². The molecule has 0 aliphatic rings. The zero-order chi connectivity index (χ0) is 17.0. The normalized spacial score (nSPS) is 11.0. The third kappa shape index (κ3) is 5.41. The number of nitrogens with one attached hydrogen (secondary N) is 2. The Labute approximate surface area is 135 Å². The molecule has 0 aliphatic heterocycles. The molecule has 2 N–H and O–H groups in total. The van der Waals surface area contributed by atoms with Crippen LogP contribution in [0.25, 0.3) is 0 Å². The second-order valence-corrected chi connectivity index (χ2v) is 5.02. The number of ether oxygens (including phenoxy) is 1.